The van der Waals surface area contributed by atoms with Crippen LogP contribution in [0.3, 0.4) is 0 Å². The molecule has 2 heterocycles. The molecule has 4 nitrogen and oxygen atoms in total. The number of hydrogen-bond acceptors (Lipinski definition) is 4. The largest absolute Gasteiger partial charge is 0.436 e. The van der Waals surface area contributed by atoms with Crippen LogP contribution in [-0.2, 0) is 12.4 Å². The summed E-state index contributed by atoms with van der Waals surface area (Å²) >= 11 is 0. The van der Waals surface area contributed by atoms with Crippen molar-refractivity contribution in [3.05, 3.63) is 95.1 Å². The molecule has 0 unspecified atom stereocenters. The monoisotopic (exact) mass is 576 g/mol. The molecule has 0 aliphatic heterocycles. The van der Waals surface area contributed by atoms with Gasteiger partial charge in [0.25, 0.3) is 0 Å². The molecule has 0 N–H and O–H groups in total. The second kappa shape index (κ2) is 8.82. The van der Waals surface area contributed by atoms with Crippen molar-refractivity contribution in [3.63, 3.8) is 0 Å². The van der Waals surface area contributed by atoms with Crippen molar-refractivity contribution >= 4 is 43.7 Å². The highest BCUT2D eigenvalue weighted by molar-refractivity contribution is 6.07. The molecule has 5 aromatic carbocycles. The zero-order valence-corrected chi connectivity index (χ0v) is 21.9. The molecule has 0 saturated carbocycles. The van der Waals surface area contributed by atoms with E-state index in [1.54, 1.807) is 12.1 Å². The van der Waals surface area contributed by atoms with Crippen LogP contribution in [0.5, 0.6) is 0 Å². The lowest BCUT2D eigenvalue weighted by Gasteiger charge is -2.13. The first-order chi connectivity index (χ1) is 19.9. The average Bonchev–Trinajstić information content (AvgIpc) is 3.58. The average molecular weight is 576 g/mol. The number of aromatic nitrogens is 2. The van der Waals surface area contributed by atoms with Gasteiger partial charge in [0.05, 0.1) is 11.1 Å². The molecule has 210 valence electrons. The fourth-order valence-electron chi connectivity index (χ4n) is 5.37. The Labute approximate surface area is 233 Å². The minimum absolute atomic E-state index is 0.0488. The topological polar surface area (TPSA) is 52.1 Å². The van der Waals surface area contributed by atoms with E-state index in [9.17, 15) is 26.3 Å². The predicted molar refractivity (Wildman–Crippen MR) is 147 cm³/mol. The van der Waals surface area contributed by atoms with Crippen LogP contribution in [-0.4, -0.2) is 9.97 Å². The van der Waals surface area contributed by atoms with E-state index in [0.29, 0.717) is 22.2 Å². The Hall–Kier alpha value is -4.86. The molecular weight excluding hydrogens is 558 g/mol. The summed E-state index contributed by atoms with van der Waals surface area (Å²) in [4.78, 5) is 8.79. The van der Waals surface area contributed by atoms with E-state index >= 15 is 0 Å². The van der Waals surface area contributed by atoms with Gasteiger partial charge in [-0.05, 0) is 107 Å². The van der Waals surface area contributed by atoms with Gasteiger partial charge in [-0.1, -0.05) is 12.1 Å². The Morgan fingerprint density at radius 2 is 0.905 bits per heavy atom. The molecule has 0 atom stereocenters. The van der Waals surface area contributed by atoms with Crippen LogP contribution in [0.15, 0.2) is 81.6 Å². The Kier molecular flexibility index (Phi) is 5.47. The van der Waals surface area contributed by atoms with Gasteiger partial charge in [0.1, 0.15) is 11.0 Å². The second-order valence-corrected chi connectivity index (χ2v) is 10.2. The zero-order chi connectivity index (χ0) is 29.6. The van der Waals surface area contributed by atoms with E-state index in [1.807, 2.05) is 38.1 Å². The molecule has 2 aromatic heterocycles. The van der Waals surface area contributed by atoms with Crippen LogP contribution >= 0.6 is 0 Å². The smallest absolute Gasteiger partial charge is 0.416 e. The van der Waals surface area contributed by atoms with Gasteiger partial charge in [0.2, 0.25) is 11.8 Å². The summed E-state index contributed by atoms with van der Waals surface area (Å²) in [6.45, 7) is 3.93. The van der Waals surface area contributed by atoms with Crippen LogP contribution in [0, 0.1) is 13.8 Å². The van der Waals surface area contributed by atoms with Crippen LogP contribution in [0.25, 0.3) is 66.7 Å². The standard InChI is InChI=1S/C32H18F6N2O2/c1-15-21-7-3-18(30-40-26-10-6-20(32(36,37)38)14-28(26)42-30)12-24(21)16(2)22-8-4-17(11-23(15)22)29-39-25-9-5-19(31(33,34)35)13-27(25)41-29/h3-14H,1-2H3. The normalized spacial score (nSPS) is 12.8. The molecule has 42 heavy (non-hydrogen) atoms. The van der Waals surface area contributed by atoms with Crippen LogP contribution < -0.4 is 0 Å². The van der Waals surface area contributed by atoms with Crippen molar-refractivity contribution < 1.29 is 35.2 Å². The van der Waals surface area contributed by atoms with Gasteiger partial charge in [-0.3, -0.25) is 0 Å². The minimum atomic E-state index is -4.49. The third-order valence-corrected chi connectivity index (χ3v) is 7.58. The van der Waals surface area contributed by atoms with Crippen molar-refractivity contribution in [2.24, 2.45) is 0 Å². The lowest BCUT2D eigenvalue weighted by molar-refractivity contribution is -0.138. The van der Waals surface area contributed by atoms with E-state index in [4.69, 9.17) is 8.83 Å². The maximum atomic E-state index is 13.1. The van der Waals surface area contributed by atoms with Crippen LogP contribution in [0.4, 0.5) is 26.3 Å². The Morgan fingerprint density at radius 3 is 1.29 bits per heavy atom. The third-order valence-electron chi connectivity index (χ3n) is 7.58. The number of alkyl halides is 6. The van der Waals surface area contributed by atoms with Crippen LogP contribution in [0.1, 0.15) is 22.3 Å². The molecule has 0 spiro atoms. The summed E-state index contributed by atoms with van der Waals surface area (Å²) in [5.74, 6) is 0.423. The van der Waals surface area contributed by atoms with Crippen molar-refractivity contribution in [3.8, 4) is 22.9 Å². The van der Waals surface area contributed by atoms with Gasteiger partial charge >= 0.3 is 12.4 Å². The third kappa shape index (κ3) is 4.17. The first-order valence-corrected chi connectivity index (χ1v) is 12.8. The zero-order valence-electron chi connectivity index (χ0n) is 21.9. The maximum Gasteiger partial charge on any atom is 0.416 e. The quantitative estimate of drug-likeness (QED) is 0.152. The fraction of sp³-hybridized carbons (Fsp3) is 0.125. The van der Waals surface area contributed by atoms with Crippen molar-refractivity contribution in [2.45, 2.75) is 26.2 Å². The number of hydrogen-bond donors (Lipinski definition) is 0. The molecule has 7 rings (SSSR count). The van der Waals surface area contributed by atoms with Crippen molar-refractivity contribution in [1.29, 1.82) is 0 Å². The molecule has 0 fully saturated rings. The lowest BCUT2D eigenvalue weighted by Crippen LogP contribution is -2.03. The van der Waals surface area contributed by atoms with Gasteiger partial charge in [-0.2, -0.15) is 26.3 Å². The minimum Gasteiger partial charge on any atom is -0.436 e. The van der Waals surface area contributed by atoms with Crippen molar-refractivity contribution in [1.82, 2.24) is 9.97 Å². The van der Waals surface area contributed by atoms with E-state index in [2.05, 4.69) is 9.97 Å². The lowest BCUT2D eigenvalue weighted by atomic mass is 9.91. The Balaban J connectivity index is 1.31. The highest BCUT2D eigenvalue weighted by atomic mass is 19.4. The summed E-state index contributed by atoms with van der Waals surface area (Å²) in [6.07, 6.45) is -8.98. The molecule has 0 aliphatic rings. The number of rotatable bonds is 2. The first-order valence-electron chi connectivity index (χ1n) is 12.8. The second-order valence-electron chi connectivity index (χ2n) is 10.2. The fourth-order valence-corrected chi connectivity index (χ4v) is 5.37. The van der Waals surface area contributed by atoms with Gasteiger partial charge < -0.3 is 8.83 Å². The molecule has 0 aliphatic carbocycles. The van der Waals surface area contributed by atoms with Gasteiger partial charge in [0, 0.05) is 11.1 Å². The molecule has 0 saturated heterocycles. The van der Waals surface area contributed by atoms with Gasteiger partial charge in [0.15, 0.2) is 11.2 Å². The highest BCUT2D eigenvalue weighted by Crippen LogP contribution is 2.39. The van der Waals surface area contributed by atoms with E-state index in [0.717, 1.165) is 56.9 Å². The number of benzene rings is 5. The number of oxazole rings is 2. The molecular formula is C32H18F6N2O2. The predicted octanol–water partition coefficient (Wildman–Crippen LogP) is 10.3. The summed E-state index contributed by atoms with van der Waals surface area (Å²) in [6, 6.07) is 17.7. The highest BCUT2D eigenvalue weighted by Gasteiger charge is 2.32. The first kappa shape index (κ1) is 26.1. The molecule has 0 bridgehead atoms. The summed E-state index contributed by atoms with van der Waals surface area (Å²) < 4.78 is 90.3. The summed E-state index contributed by atoms with van der Waals surface area (Å²) in [7, 11) is 0. The molecule has 0 amide bonds. The Morgan fingerprint density at radius 1 is 0.500 bits per heavy atom. The van der Waals surface area contributed by atoms with Gasteiger partial charge in [-0.25, -0.2) is 9.97 Å². The Bertz CT molecular complexity index is 2050. The van der Waals surface area contributed by atoms with E-state index in [-0.39, 0.29) is 22.9 Å². The number of fused-ring (bicyclic) bond motifs is 4. The number of aryl methyl sites for hydroxylation is 2. The molecule has 0 radical (unpaired) electrons. The van der Waals surface area contributed by atoms with E-state index in [1.165, 1.54) is 12.1 Å². The molecule has 10 heteroatoms. The summed E-state index contributed by atoms with van der Waals surface area (Å²) in [5.41, 5.74) is 2.29. The van der Waals surface area contributed by atoms with Crippen LogP contribution in [0.2, 0.25) is 0 Å². The number of halogens is 6. The molecule has 7 aromatic rings. The summed E-state index contributed by atoms with van der Waals surface area (Å²) in [5, 5.41) is 3.74. The number of nitrogens with zero attached hydrogens (tertiary/aromatic N) is 2. The van der Waals surface area contributed by atoms with Crippen molar-refractivity contribution in [2.75, 3.05) is 0 Å². The SMILES string of the molecule is Cc1c2ccc(-c3nc4ccc(C(F)(F)F)cc4o3)cc2c(C)c2ccc(-c3nc4ccc(C(F)(F)F)cc4o3)cc12. The van der Waals surface area contributed by atoms with Gasteiger partial charge in [-0.15, -0.1) is 0 Å². The van der Waals surface area contributed by atoms with E-state index < -0.39 is 23.5 Å². The maximum absolute atomic E-state index is 13.1.